The molecule has 0 heterocycles. The van der Waals surface area contributed by atoms with E-state index < -0.39 is 0 Å². The first-order valence-corrected chi connectivity index (χ1v) is 8.66. The van der Waals surface area contributed by atoms with Crippen molar-refractivity contribution in [3.8, 4) is 0 Å². The Morgan fingerprint density at radius 2 is 1.80 bits per heavy atom. The van der Waals surface area contributed by atoms with Gasteiger partial charge in [-0.1, -0.05) is 42.3 Å². The summed E-state index contributed by atoms with van der Waals surface area (Å²) in [6.07, 6.45) is 7.04. The molecule has 1 fully saturated rings. The minimum Gasteiger partial charge on any atom is -0.122 e. The largest absolute Gasteiger partial charge is 0.122 e. The fourth-order valence-electron chi connectivity index (χ4n) is 4.95. The second-order valence-electron chi connectivity index (χ2n) is 7.15. The second kappa shape index (κ2) is 4.91. The van der Waals surface area contributed by atoms with Gasteiger partial charge in [-0.2, -0.15) is 0 Å². The van der Waals surface area contributed by atoms with Crippen molar-refractivity contribution in [1.82, 2.24) is 0 Å². The first-order chi connectivity index (χ1) is 9.76. The highest BCUT2D eigenvalue weighted by molar-refractivity contribution is 6.17. The number of hydrogen-bond donors (Lipinski definition) is 0. The summed E-state index contributed by atoms with van der Waals surface area (Å²) < 4.78 is 0. The molecule has 0 aliphatic heterocycles. The summed E-state index contributed by atoms with van der Waals surface area (Å²) in [4.78, 5) is 0. The number of alkyl halides is 1. The molecule has 1 aromatic rings. The number of allylic oxidation sites excluding steroid dienone is 2. The van der Waals surface area contributed by atoms with E-state index in [0.717, 1.165) is 23.7 Å². The van der Waals surface area contributed by atoms with Crippen LogP contribution in [0, 0.1) is 17.8 Å². The Bertz CT molecular complexity index is 539. The van der Waals surface area contributed by atoms with Crippen LogP contribution in [-0.2, 0) is 5.88 Å². The molecule has 1 heteroatoms. The van der Waals surface area contributed by atoms with Gasteiger partial charge in [-0.3, -0.25) is 0 Å². The van der Waals surface area contributed by atoms with Crippen molar-refractivity contribution in [2.75, 3.05) is 0 Å². The van der Waals surface area contributed by atoms with Crippen molar-refractivity contribution in [2.45, 2.75) is 50.8 Å². The third-order valence-corrected chi connectivity index (χ3v) is 6.26. The van der Waals surface area contributed by atoms with Crippen molar-refractivity contribution in [1.29, 1.82) is 0 Å². The summed E-state index contributed by atoms with van der Waals surface area (Å²) in [5.74, 6) is 4.12. The molecule has 106 valence electrons. The minimum atomic E-state index is 0.629. The van der Waals surface area contributed by atoms with Crippen LogP contribution in [0.1, 0.15) is 56.1 Å². The van der Waals surface area contributed by atoms with E-state index in [1.807, 2.05) is 11.1 Å². The number of hydrogen-bond acceptors (Lipinski definition) is 0. The van der Waals surface area contributed by atoms with Gasteiger partial charge in [0.1, 0.15) is 0 Å². The van der Waals surface area contributed by atoms with Gasteiger partial charge in [0.25, 0.3) is 0 Å². The fraction of sp³-hybridized carbons (Fsp3) is 0.579. The van der Waals surface area contributed by atoms with Crippen LogP contribution in [0.2, 0.25) is 0 Å². The maximum atomic E-state index is 5.90. The molecule has 4 unspecified atom stereocenters. The topological polar surface area (TPSA) is 0 Å². The summed E-state index contributed by atoms with van der Waals surface area (Å²) in [7, 11) is 0. The van der Waals surface area contributed by atoms with Crippen molar-refractivity contribution in [3.05, 3.63) is 46.5 Å². The lowest BCUT2D eigenvalue weighted by Crippen LogP contribution is -2.18. The molecule has 20 heavy (non-hydrogen) atoms. The van der Waals surface area contributed by atoms with Crippen LogP contribution in [0.4, 0.5) is 0 Å². The average Bonchev–Trinajstić information content (AvgIpc) is 3.06. The van der Waals surface area contributed by atoms with E-state index in [9.17, 15) is 0 Å². The Morgan fingerprint density at radius 3 is 2.55 bits per heavy atom. The fourth-order valence-corrected chi connectivity index (χ4v) is 5.13. The average molecular weight is 287 g/mol. The summed E-state index contributed by atoms with van der Waals surface area (Å²) in [5.41, 5.74) is 6.54. The minimum absolute atomic E-state index is 0.629. The highest BCUT2D eigenvalue weighted by Crippen LogP contribution is 2.59. The normalized spacial score (nSPS) is 35.5. The maximum Gasteiger partial charge on any atom is 0.0474 e. The zero-order chi connectivity index (χ0) is 13.7. The van der Waals surface area contributed by atoms with Gasteiger partial charge in [0.15, 0.2) is 0 Å². The van der Waals surface area contributed by atoms with Crippen molar-refractivity contribution in [3.63, 3.8) is 0 Å². The smallest absolute Gasteiger partial charge is 0.0474 e. The number of fused-ring (bicyclic) bond motifs is 4. The molecule has 0 saturated heterocycles. The second-order valence-corrected chi connectivity index (χ2v) is 7.42. The van der Waals surface area contributed by atoms with Crippen molar-refractivity contribution < 1.29 is 0 Å². The maximum absolute atomic E-state index is 5.90. The summed E-state index contributed by atoms with van der Waals surface area (Å²) >= 11 is 5.90. The van der Waals surface area contributed by atoms with Crippen LogP contribution in [0.15, 0.2) is 35.4 Å². The standard InChI is InChI=1S/C19H23Cl/c1-12-2-7-16-17(8-12)15-9-18(19(16)10-15)14-5-3-13(11-20)4-6-14/h3-6,12,15,18-19H,2,7-11H2,1H3. The van der Waals surface area contributed by atoms with Crippen LogP contribution < -0.4 is 0 Å². The lowest BCUT2D eigenvalue weighted by Gasteiger charge is -2.32. The molecule has 0 spiro atoms. The van der Waals surface area contributed by atoms with Crippen LogP contribution in [0.25, 0.3) is 0 Å². The predicted octanol–water partition coefficient (Wildman–Crippen LogP) is 5.67. The lowest BCUT2D eigenvalue weighted by atomic mass is 9.72. The van der Waals surface area contributed by atoms with Crippen molar-refractivity contribution in [2.24, 2.45) is 17.8 Å². The number of rotatable bonds is 2. The number of benzene rings is 1. The Labute approximate surface area is 127 Å². The van der Waals surface area contributed by atoms with E-state index in [-0.39, 0.29) is 0 Å². The van der Waals surface area contributed by atoms with Crippen molar-refractivity contribution >= 4 is 11.6 Å². The van der Waals surface area contributed by atoms with Crippen LogP contribution in [0.5, 0.6) is 0 Å². The highest BCUT2D eigenvalue weighted by Gasteiger charge is 2.46. The van der Waals surface area contributed by atoms with Gasteiger partial charge in [0.05, 0.1) is 0 Å². The molecule has 1 saturated carbocycles. The van der Waals surface area contributed by atoms with Crippen LogP contribution in [0.3, 0.4) is 0 Å². The molecule has 0 aromatic heterocycles. The first-order valence-electron chi connectivity index (χ1n) is 8.13. The molecule has 0 N–H and O–H groups in total. The first kappa shape index (κ1) is 13.0. The SMILES string of the molecule is CC1CCC2=C(C1)C1CC2C(c2ccc(CCl)cc2)C1. The van der Waals surface area contributed by atoms with Gasteiger partial charge < -0.3 is 0 Å². The Kier molecular flexibility index (Phi) is 3.18. The zero-order valence-corrected chi connectivity index (χ0v) is 13.0. The number of halogens is 1. The van der Waals surface area contributed by atoms with E-state index >= 15 is 0 Å². The molecule has 4 rings (SSSR count). The summed E-state index contributed by atoms with van der Waals surface area (Å²) in [6.45, 7) is 2.43. The summed E-state index contributed by atoms with van der Waals surface area (Å²) in [5, 5.41) is 0. The van der Waals surface area contributed by atoms with Gasteiger partial charge >= 0.3 is 0 Å². The monoisotopic (exact) mass is 286 g/mol. The van der Waals surface area contributed by atoms with E-state index in [0.29, 0.717) is 5.88 Å². The van der Waals surface area contributed by atoms with Crippen LogP contribution >= 0.6 is 11.6 Å². The Morgan fingerprint density at radius 1 is 1.05 bits per heavy atom. The van der Waals surface area contributed by atoms with Gasteiger partial charge in [-0.25, -0.2) is 0 Å². The van der Waals surface area contributed by atoms with Gasteiger partial charge in [-0.15, -0.1) is 11.6 Å². The van der Waals surface area contributed by atoms with E-state index in [4.69, 9.17) is 11.6 Å². The molecule has 1 aromatic carbocycles. The molecule has 0 amide bonds. The third-order valence-electron chi connectivity index (χ3n) is 5.95. The zero-order valence-electron chi connectivity index (χ0n) is 12.2. The highest BCUT2D eigenvalue weighted by atomic mass is 35.5. The molecule has 4 atom stereocenters. The molecule has 0 nitrogen and oxygen atoms in total. The lowest BCUT2D eigenvalue weighted by molar-refractivity contribution is 0.426. The molecule has 0 radical (unpaired) electrons. The molecule has 3 aliphatic rings. The molecule has 3 aliphatic carbocycles. The Balaban J connectivity index is 1.61. The van der Waals surface area contributed by atoms with E-state index in [1.54, 1.807) is 5.56 Å². The van der Waals surface area contributed by atoms with Gasteiger partial charge in [-0.05, 0) is 66.9 Å². The van der Waals surface area contributed by atoms with E-state index in [2.05, 4.69) is 31.2 Å². The third kappa shape index (κ3) is 1.96. The van der Waals surface area contributed by atoms with Gasteiger partial charge in [0.2, 0.25) is 0 Å². The molecular weight excluding hydrogens is 264 g/mol. The quantitative estimate of drug-likeness (QED) is 0.486. The Hall–Kier alpha value is -0.750. The predicted molar refractivity (Wildman–Crippen MR) is 85.0 cm³/mol. The summed E-state index contributed by atoms with van der Waals surface area (Å²) in [6, 6.07) is 9.09. The van der Waals surface area contributed by atoms with E-state index in [1.165, 1.54) is 37.7 Å². The molecule has 2 bridgehead atoms. The van der Waals surface area contributed by atoms with Gasteiger partial charge in [0, 0.05) is 5.88 Å². The molecular formula is C19H23Cl. The van der Waals surface area contributed by atoms with Crippen LogP contribution in [-0.4, -0.2) is 0 Å².